The molecule has 0 spiro atoms. The van der Waals surface area contributed by atoms with Gasteiger partial charge in [-0.15, -0.1) is 0 Å². The molecule has 4 aliphatic carbocycles. The van der Waals surface area contributed by atoms with E-state index in [9.17, 15) is 0 Å². The van der Waals surface area contributed by atoms with Crippen molar-refractivity contribution >= 4 is 0 Å². The predicted octanol–water partition coefficient (Wildman–Crippen LogP) is 6.78. The van der Waals surface area contributed by atoms with Crippen molar-refractivity contribution in [2.45, 2.75) is 59.3 Å². The first kappa shape index (κ1) is 16.2. The van der Waals surface area contributed by atoms with Gasteiger partial charge in [-0.2, -0.15) is 0 Å². The van der Waals surface area contributed by atoms with Gasteiger partial charge in [-0.25, -0.2) is 0 Å². The predicted molar refractivity (Wildman–Crippen MR) is 104 cm³/mol. The van der Waals surface area contributed by atoms with Crippen molar-refractivity contribution in [1.29, 1.82) is 0 Å². The van der Waals surface area contributed by atoms with Crippen LogP contribution < -0.4 is 0 Å². The van der Waals surface area contributed by atoms with Crippen LogP contribution in [0.1, 0.15) is 59.3 Å². The van der Waals surface area contributed by atoms with Crippen LogP contribution in [0.4, 0.5) is 0 Å². The van der Waals surface area contributed by atoms with E-state index >= 15 is 0 Å². The Morgan fingerprint density at radius 3 is 2.79 bits per heavy atom. The minimum atomic E-state index is 0.158. The first-order valence-corrected chi connectivity index (χ1v) is 9.87. The molecule has 24 heavy (non-hydrogen) atoms. The maximum atomic E-state index is 4.43. The minimum absolute atomic E-state index is 0.158. The van der Waals surface area contributed by atoms with E-state index in [2.05, 4.69) is 58.2 Å². The second-order valence-electron chi connectivity index (χ2n) is 9.04. The lowest BCUT2D eigenvalue weighted by Crippen LogP contribution is -2.43. The van der Waals surface area contributed by atoms with Crippen LogP contribution in [-0.4, -0.2) is 0 Å². The van der Waals surface area contributed by atoms with Crippen LogP contribution in [0.25, 0.3) is 0 Å². The van der Waals surface area contributed by atoms with Crippen LogP contribution in [-0.2, 0) is 0 Å². The maximum absolute atomic E-state index is 4.43. The lowest BCUT2D eigenvalue weighted by atomic mass is 9.52. The molecule has 0 amide bonds. The van der Waals surface area contributed by atoms with E-state index in [1.165, 1.54) is 43.3 Å². The third-order valence-electron chi connectivity index (χ3n) is 7.99. The van der Waals surface area contributed by atoms with Crippen LogP contribution in [0.2, 0.25) is 0 Å². The minimum Gasteiger partial charge on any atom is -0.0996 e. The van der Waals surface area contributed by atoms with E-state index < -0.39 is 0 Å². The summed E-state index contributed by atoms with van der Waals surface area (Å²) < 4.78 is 0. The van der Waals surface area contributed by atoms with Crippen molar-refractivity contribution in [3.8, 4) is 0 Å². The van der Waals surface area contributed by atoms with Crippen molar-refractivity contribution in [3.05, 3.63) is 59.8 Å². The molecule has 0 bridgehead atoms. The van der Waals surface area contributed by atoms with Gasteiger partial charge in [0, 0.05) is 5.41 Å². The van der Waals surface area contributed by atoms with Crippen LogP contribution in [0.5, 0.6) is 0 Å². The van der Waals surface area contributed by atoms with Gasteiger partial charge in [0.2, 0.25) is 0 Å². The largest absolute Gasteiger partial charge is 0.0996 e. The van der Waals surface area contributed by atoms with Gasteiger partial charge in [-0.05, 0) is 74.2 Å². The van der Waals surface area contributed by atoms with Crippen molar-refractivity contribution in [2.75, 3.05) is 0 Å². The quantitative estimate of drug-likeness (QED) is 0.492. The third kappa shape index (κ3) is 2.04. The van der Waals surface area contributed by atoms with Crippen molar-refractivity contribution in [1.82, 2.24) is 0 Å². The Bertz CT molecular complexity index is 685. The molecule has 4 rings (SSSR count). The lowest BCUT2D eigenvalue weighted by Gasteiger charge is -2.52. The highest BCUT2D eigenvalue weighted by atomic mass is 14.6. The summed E-state index contributed by atoms with van der Waals surface area (Å²) in [6, 6.07) is 0. The summed E-state index contributed by atoms with van der Waals surface area (Å²) in [5, 5.41) is 0. The summed E-state index contributed by atoms with van der Waals surface area (Å²) in [5.41, 5.74) is 6.57. The smallest absolute Gasteiger partial charge is 0.0281 e. The SMILES string of the molecule is C=C1C=C[C@@]2(C)C(=C1)CCC1C2=CCC2(C)C1CC[C@@H]2C(=C)CC. The van der Waals surface area contributed by atoms with Crippen molar-refractivity contribution < 1.29 is 0 Å². The average molecular weight is 321 g/mol. The molecule has 0 radical (unpaired) electrons. The first-order valence-electron chi connectivity index (χ1n) is 9.87. The summed E-state index contributed by atoms with van der Waals surface area (Å²) in [4.78, 5) is 0. The second kappa shape index (κ2) is 5.35. The molecular weight excluding hydrogens is 288 g/mol. The zero-order valence-corrected chi connectivity index (χ0v) is 15.7. The van der Waals surface area contributed by atoms with Crippen LogP contribution in [0, 0.1) is 28.6 Å². The number of fused-ring (bicyclic) bond motifs is 5. The van der Waals surface area contributed by atoms with E-state index in [4.69, 9.17) is 0 Å². The third-order valence-corrected chi connectivity index (χ3v) is 7.99. The molecule has 2 fully saturated rings. The van der Waals surface area contributed by atoms with Crippen LogP contribution in [0.3, 0.4) is 0 Å². The van der Waals surface area contributed by atoms with E-state index in [-0.39, 0.29) is 5.41 Å². The molecule has 128 valence electrons. The molecule has 0 heteroatoms. The average Bonchev–Trinajstić information content (AvgIpc) is 2.92. The number of hydrogen-bond donors (Lipinski definition) is 0. The number of hydrogen-bond acceptors (Lipinski definition) is 0. The zero-order valence-electron chi connectivity index (χ0n) is 15.7. The maximum Gasteiger partial charge on any atom is 0.0281 e. The van der Waals surface area contributed by atoms with E-state index in [1.807, 2.05) is 0 Å². The van der Waals surface area contributed by atoms with Gasteiger partial charge in [-0.1, -0.05) is 68.0 Å². The van der Waals surface area contributed by atoms with Gasteiger partial charge >= 0.3 is 0 Å². The topological polar surface area (TPSA) is 0 Å². The molecule has 0 N–H and O–H groups in total. The molecule has 0 nitrogen and oxygen atoms in total. The zero-order chi connectivity index (χ0) is 17.1. The molecule has 0 aromatic rings. The lowest BCUT2D eigenvalue weighted by molar-refractivity contribution is 0.104. The molecule has 2 saturated carbocycles. The first-order chi connectivity index (χ1) is 11.4. The molecule has 0 heterocycles. The molecule has 3 unspecified atom stereocenters. The molecule has 5 atom stereocenters. The fourth-order valence-corrected chi connectivity index (χ4v) is 6.51. The fraction of sp³-hybridized carbons (Fsp3) is 0.583. The summed E-state index contributed by atoms with van der Waals surface area (Å²) >= 11 is 0. The molecule has 0 saturated heterocycles. The van der Waals surface area contributed by atoms with Gasteiger partial charge in [0.1, 0.15) is 0 Å². The number of rotatable bonds is 2. The Morgan fingerprint density at radius 1 is 1.25 bits per heavy atom. The Labute approximate surface area is 148 Å². The molecule has 0 aliphatic heterocycles. The highest BCUT2D eigenvalue weighted by Crippen LogP contribution is 2.65. The summed E-state index contributed by atoms with van der Waals surface area (Å²) in [6.07, 6.45) is 17.4. The van der Waals surface area contributed by atoms with Crippen LogP contribution in [0.15, 0.2) is 59.8 Å². The van der Waals surface area contributed by atoms with Gasteiger partial charge in [0.05, 0.1) is 0 Å². The summed E-state index contributed by atoms with van der Waals surface area (Å²) in [7, 11) is 0. The van der Waals surface area contributed by atoms with Crippen LogP contribution >= 0.6 is 0 Å². The van der Waals surface area contributed by atoms with Crippen molar-refractivity contribution in [2.24, 2.45) is 28.6 Å². The molecule has 0 aromatic carbocycles. The highest BCUT2D eigenvalue weighted by Gasteiger charge is 2.55. The van der Waals surface area contributed by atoms with Gasteiger partial charge in [0.25, 0.3) is 0 Å². The van der Waals surface area contributed by atoms with E-state index in [1.54, 1.807) is 11.1 Å². The molecule has 4 aliphatic rings. The summed E-state index contributed by atoms with van der Waals surface area (Å²) in [6.45, 7) is 15.9. The Morgan fingerprint density at radius 2 is 2.04 bits per heavy atom. The Balaban J connectivity index is 1.73. The highest BCUT2D eigenvalue weighted by molar-refractivity contribution is 5.50. The van der Waals surface area contributed by atoms with Crippen molar-refractivity contribution in [3.63, 3.8) is 0 Å². The Hall–Kier alpha value is -1.30. The Kier molecular flexibility index (Phi) is 3.61. The molecule has 0 aromatic heterocycles. The van der Waals surface area contributed by atoms with Gasteiger partial charge in [0.15, 0.2) is 0 Å². The normalized spacial score (nSPS) is 43.5. The standard InChI is InChI=1S/C24H32/c1-6-17(3)20-9-10-21-19-8-7-18-15-16(2)11-13-23(18,4)22(19)12-14-24(20,21)5/h11-13,15,19-21H,2-3,6-10,14H2,1,4-5H3/t19?,20-,21?,23+,24?/m1/s1. The van der Waals surface area contributed by atoms with E-state index in [0.29, 0.717) is 5.41 Å². The fourth-order valence-electron chi connectivity index (χ4n) is 6.51. The second-order valence-corrected chi connectivity index (χ2v) is 9.04. The van der Waals surface area contributed by atoms with E-state index in [0.717, 1.165) is 24.2 Å². The van der Waals surface area contributed by atoms with Gasteiger partial charge in [-0.3, -0.25) is 0 Å². The van der Waals surface area contributed by atoms with Gasteiger partial charge < -0.3 is 0 Å². The monoisotopic (exact) mass is 320 g/mol. The summed E-state index contributed by atoms with van der Waals surface area (Å²) in [5.74, 6) is 2.36. The molecular formula is C24H32. The number of allylic oxidation sites excluding steroid dienone is 8.